The summed E-state index contributed by atoms with van der Waals surface area (Å²) in [5, 5.41) is 0. The number of hydrogen-bond donors (Lipinski definition) is 0. The minimum absolute atomic E-state index is 0.00741. The first-order valence-electron chi connectivity index (χ1n) is 7.70. The highest BCUT2D eigenvalue weighted by molar-refractivity contribution is 5.86. The van der Waals surface area contributed by atoms with Gasteiger partial charge < -0.3 is 9.47 Å². The first-order valence-corrected chi connectivity index (χ1v) is 7.70. The Kier molecular flexibility index (Phi) is 6.86. The number of carbonyl (C=O) groups is 2. The van der Waals surface area contributed by atoms with E-state index in [0.29, 0.717) is 12.0 Å². The van der Waals surface area contributed by atoms with Gasteiger partial charge in [0.05, 0.1) is 5.41 Å². The fraction of sp³-hybridized carbons (Fsp3) is 0.778. The summed E-state index contributed by atoms with van der Waals surface area (Å²) in [7, 11) is 0. The van der Waals surface area contributed by atoms with E-state index in [4.69, 9.17) is 9.47 Å². The maximum Gasteiger partial charge on any atom is 0.333 e. The van der Waals surface area contributed by atoms with Gasteiger partial charge in [-0.3, -0.25) is 4.79 Å². The molecule has 4 nitrogen and oxygen atoms in total. The predicted molar refractivity (Wildman–Crippen MR) is 88.4 cm³/mol. The third kappa shape index (κ3) is 6.20. The van der Waals surface area contributed by atoms with Crippen molar-refractivity contribution in [2.24, 2.45) is 16.2 Å². The van der Waals surface area contributed by atoms with Gasteiger partial charge in [-0.15, -0.1) is 0 Å². The molecule has 0 N–H and O–H groups in total. The lowest BCUT2D eigenvalue weighted by atomic mass is 9.61. The van der Waals surface area contributed by atoms with Crippen LogP contribution in [0.3, 0.4) is 0 Å². The average Bonchev–Trinajstić information content (AvgIpc) is 2.30. The Balaban J connectivity index is 4.74. The van der Waals surface area contributed by atoms with Crippen LogP contribution in [0.2, 0.25) is 0 Å². The van der Waals surface area contributed by atoms with Gasteiger partial charge in [0.1, 0.15) is 13.2 Å². The van der Waals surface area contributed by atoms with E-state index < -0.39 is 11.4 Å². The molecule has 0 aliphatic carbocycles. The monoisotopic (exact) mass is 312 g/mol. The second-order valence-corrected chi connectivity index (χ2v) is 8.37. The molecule has 0 rings (SSSR count). The molecule has 0 amide bonds. The average molecular weight is 312 g/mol. The van der Waals surface area contributed by atoms with Crippen LogP contribution in [0.1, 0.15) is 61.8 Å². The highest BCUT2D eigenvalue weighted by Crippen LogP contribution is 2.47. The lowest BCUT2D eigenvalue weighted by Crippen LogP contribution is -2.44. The maximum absolute atomic E-state index is 12.6. The minimum atomic E-state index is -0.608. The van der Waals surface area contributed by atoms with Gasteiger partial charge in [-0.1, -0.05) is 48.1 Å². The molecule has 0 spiro atoms. The number of carbonyl (C=O) groups excluding carboxylic acids is 2. The maximum atomic E-state index is 12.6. The second-order valence-electron chi connectivity index (χ2n) is 8.37. The zero-order chi connectivity index (χ0) is 17.8. The third-order valence-corrected chi connectivity index (χ3v) is 3.89. The van der Waals surface area contributed by atoms with Gasteiger partial charge in [0.15, 0.2) is 0 Å². The normalized spacial score (nSPS) is 14.9. The van der Waals surface area contributed by atoms with Gasteiger partial charge in [-0.25, -0.2) is 4.79 Å². The van der Waals surface area contributed by atoms with E-state index in [9.17, 15) is 9.59 Å². The molecule has 0 aromatic carbocycles. The van der Waals surface area contributed by atoms with Crippen LogP contribution in [-0.4, -0.2) is 25.2 Å². The lowest BCUT2D eigenvalue weighted by Gasteiger charge is -2.43. The van der Waals surface area contributed by atoms with Gasteiger partial charge in [-0.2, -0.15) is 0 Å². The van der Waals surface area contributed by atoms with Crippen LogP contribution >= 0.6 is 0 Å². The van der Waals surface area contributed by atoms with Crippen LogP contribution in [0.15, 0.2) is 12.2 Å². The second kappa shape index (κ2) is 7.30. The van der Waals surface area contributed by atoms with Crippen molar-refractivity contribution in [1.29, 1.82) is 0 Å². The van der Waals surface area contributed by atoms with Crippen molar-refractivity contribution in [2.45, 2.75) is 61.8 Å². The first kappa shape index (κ1) is 20.7. The van der Waals surface area contributed by atoms with Crippen molar-refractivity contribution in [1.82, 2.24) is 0 Å². The van der Waals surface area contributed by atoms with Crippen molar-refractivity contribution in [3.8, 4) is 0 Å². The molecule has 0 fully saturated rings. The molecule has 0 radical (unpaired) electrons. The van der Waals surface area contributed by atoms with Crippen molar-refractivity contribution in [3.05, 3.63) is 12.2 Å². The van der Waals surface area contributed by atoms with Crippen LogP contribution in [0.5, 0.6) is 0 Å². The van der Waals surface area contributed by atoms with Crippen LogP contribution < -0.4 is 0 Å². The number of hydrogen-bond acceptors (Lipinski definition) is 4. The molecular weight excluding hydrogens is 280 g/mol. The fourth-order valence-electron chi connectivity index (χ4n) is 2.26. The molecule has 0 aliphatic rings. The SMILES string of the molecule is C=C(C)C(=O)OCCOC(=O)C(C)(CC(C)(C)C)C(C)(C)C. The summed E-state index contributed by atoms with van der Waals surface area (Å²) in [6.07, 6.45) is 0.716. The van der Waals surface area contributed by atoms with Gasteiger partial charge >= 0.3 is 11.9 Å². The molecule has 0 aliphatic heterocycles. The van der Waals surface area contributed by atoms with E-state index in [2.05, 4.69) is 27.4 Å². The topological polar surface area (TPSA) is 52.6 Å². The molecule has 1 unspecified atom stereocenters. The summed E-state index contributed by atoms with van der Waals surface area (Å²) in [5.41, 5.74) is -0.499. The van der Waals surface area contributed by atoms with Crippen molar-refractivity contribution in [3.63, 3.8) is 0 Å². The number of rotatable bonds is 6. The van der Waals surface area contributed by atoms with Gasteiger partial charge in [0, 0.05) is 5.57 Å². The van der Waals surface area contributed by atoms with Crippen LogP contribution in [-0.2, 0) is 19.1 Å². The Labute approximate surface area is 135 Å². The van der Waals surface area contributed by atoms with Gasteiger partial charge in [0.2, 0.25) is 0 Å². The van der Waals surface area contributed by atoms with Crippen LogP contribution in [0, 0.1) is 16.2 Å². The van der Waals surface area contributed by atoms with Crippen molar-refractivity contribution >= 4 is 11.9 Å². The summed E-state index contributed by atoms with van der Waals surface area (Å²) in [6, 6.07) is 0. The predicted octanol–water partition coefficient (Wildman–Crippen LogP) is 4.14. The number of ether oxygens (including phenoxy) is 2. The number of esters is 2. The molecule has 0 heterocycles. The summed E-state index contributed by atoms with van der Waals surface area (Å²) in [6.45, 7) is 19.6. The third-order valence-electron chi connectivity index (χ3n) is 3.89. The van der Waals surface area contributed by atoms with Crippen molar-refractivity contribution < 1.29 is 19.1 Å². The molecule has 1 atom stereocenters. The molecule has 128 valence electrons. The van der Waals surface area contributed by atoms with Gasteiger partial charge in [-0.05, 0) is 31.1 Å². The minimum Gasteiger partial charge on any atom is -0.462 e. The highest BCUT2D eigenvalue weighted by atomic mass is 16.6. The highest BCUT2D eigenvalue weighted by Gasteiger charge is 2.47. The van der Waals surface area contributed by atoms with E-state index in [0.717, 1.165) is 0 Å². The Hall–Kier alpha value is -1.32. The van der Waals surface area contributed by atoms with Crippen LogP contribution in [0.25, 0.3) is 0 Å². The molecule has 0 aromatic heterocycles. The smallest absolute Gasteiger partial charge is 0.333 e. The molecular formula is C18H32O4. The molecule has 4 heteroatoms. The van der Waals surface area contributed by atoms with E-state index in [-0.39, 0.29) is 30.0 Å². The Bertz CT molecular complexity index is 423. The fourth-order valence-corrected chi connectivity index (χ4v) is 2.26. The summed E-state index contributed by atoms with van der Waals surface area (Å²) >= 11 is 0. The Morgan fingerprint density at radius 3 is 1.73 bits per heavy atom. The van der Waals surface area contributed by atoms with E-state index in [1.54, 1.807) is 6.92 Å². The molecule has 0 saturated heterocycles. The summed E-state index contributed by atoms with van der Waals surface area (Å²) in [5.74, 6) is -0.717. The zero-order valence-corrected chi connectivity index (χ0v) is 15.5. The van der Waals surface area contributed by atoms with E-state index in [1.165, 1.54) is 0 Å². The summed E-state index contributed by atoms with van der Waals surface area (Å²) in [4.78, 5) is 23.9. The quantitative estimate of drug-likeness (QED) is 0.420. The molecule has 0 saturated carbocycles. The Morgan fingerprint density at radius 1 is 0.909 bits per heavy atom. The van der Waals surface area contributed by atoms with Crippen molar-refractivity contribution in [2.75, 3.05) is 13.2 Å². The lowest BCUT2D eigenvalue weighted by molar-refractivity contribution is -0.167. The molecule has 0 aromatic rings. The van der Waals surface area contributed by atoms with E-state index >= 15 is 0 Å². The molecule has 22 heavy (non-hydrogen) atoms. The van der Waals surface area contributed by atoms with Gasteiger partial charge in [0.25, 0.3) is 0 Å². The first-order chi connectivity index (χ1) is 9.71. The van der Waals surface area contributed by atoms with Crippen LogP contribution in [0.4, 0.5) is 0 Å². The Morgan fingerprint density at radius 2 is 1.36 bits per heavy atom. The summed E-state index contributed by atoms with van der Waals surface area (Å²) < 4.78 is 10.3. The zero-order valence-electron chi connectivity index (χ0n) is 15.5. The molecule has 0 bridgehead atoms. The van der Waals surface area contributed by atoms with E-state index in [1.807, 2.05) is 27.7 Å². The standard InChI is InChI=1S/C18H32O4/c1-13(2)14(19)21-10-11-22-15(20)18(9,17(6,7)8)12-16(3,4)5/h1,10-12H2,2-9H3. The largest absolute Gasteiger partial charge is 0.462 e.